The molecule has 0 fully saturated rings. The van der Waals surface area contributed by atoms with Gasteiger partial charge >= 0.3 is 47.6 Å². The zero-order chi connectivity index (χ0) is 26.1. The standard InChI is InChI=1S/C10H10F17N3Si/c1-2(31(28,29)30)3(11,12)4(13,14)5(15,16)6(17,18)7(19,20)8(21,22)9(23,24)10(25,26)27/h2H,28-30H2,1H3. The molecule has 0 aliphatic rings. The third-order valence-electron chi connectivity index (χ3n) is 4.04. The summed E-state index contributed by atoms with van der Waals surface area (Å²) in [5.41, 5.74) is -3.58. The Balaban J connectivity index is 6.84. The molecule has 0 bridgehead atoms. The summed E-state index contributed by atoms with van der Waals surface area (Å²) in [5.74, 6) is -56.9. The molecule has 0 spiro atoms. The van der Waals surface area contributed by atoms with E-state index in [2.05, 4.69) is 16.2 Å². The molecule has 0 radical (unpaired) electrons. The van der Waals surface area contributed by atoms with Gasteiger partial charge in [0.1, 0.15) is 0 Å². The maximum atomic E-state index is 13.7. The Hall–Kier alpha value is -1.09. The fourth-order valence-electron chi connectivity index (χ4n) is 1.76. The van der Waals surface area contributed by atoms with Gasteiger partial charge in [0.25, 0.3) is 8.56 Å². The van der Waals surface area contributed by atoms with Crippen molar-refractivity contribution in [3.63, 3.8) is 0 Å². The smallest absolute Gasteiger partial charge is 0.327 e. The van der Waals surface area contributed by atoms with Crippen molar-refractivity contribution in [2.45, 2.75) is 60.1 Å². The molecular formula is C10H10F17N3Si. The third-order valence-corrected chi connectivity index (χ3v) is 5.90. The Morgan fingerprint density at radius 2 is 0.677 bits per heavy atom. The molecule has 1 unspecified atom stereocenters. The summed E-state index contributed by atoms with van der Waals surface area (Å²) >= 11 is 0. The SMILES string of the molecule is CC(C(F)(F)C(F)(F)C(F)(F)C(F)(F)C(F)(F)C(F)(F)C(F)(F)C(F)(F)F)[Si](N)(N)N. The predicted molar refractivity (Wildman–Crippen MR) is 68.4 cm³/mol. The Labute approximate surface area is 160 Å². The topological polar surface area (TPSA) is 78.1 Å². The van der Waals surface area contributed by atoms with E-state index in [0.29, 0.717) is 0 Å². The van der Waals surface area contributed by atoms with Gasteiger partial charge in [0.2, 0.25) is 0 Å². The maximum Gasteiger partial charge on any atom is 0.460 e. The van der Waals surface area contributed by atoms with Crippen LogP contribution in [0.2, 0.25) is 5.54 Å². The monoisotopic (exact) mass is 523 g/mol. The van der Waals surface area contributed by atoms with E-state index in [4.69, 9.17) is 0 Å². The molecular weight excluding hydrogens is 513 g/mol. The Kier molecular flexibility index (Phi) is 6.95. The van der Waals surface area contributed by atoms with Gasteiger partial charge in [0.05, 0.1) is 5.54 Å². The van der Waals surface area contributed by atoms with Crippen LogP contribution >= 0.6 is 0 Å². The van der Waals surface area contributed by atoms with Crippen LogP contribution in [0.25, 0.3) is 0 Å². The molecule has 0 rings (SSSR count). The van der Waals surface area contributed by atoms with E-state index in [1.54, 1.807) is 0 Å². The van der Waals surface area contributed by atoms with Crippen molar-refractivity contribution in [2.75, 3.05) is 0 Å². The van der Waals surface area contributed by atoms with Gasteiger partial charge in [-0.15, -0.1) is 0 Å². The molecule has 0 aliphatic carbocycles. The van der Waals surface area contributed by atoms with Crippen LogP contribution in [0.1, 0.15) is 6.92 Å². The number of halogens is 17. The molecule has 0 aliphatic heterocycles. The lowest BCUT2D eigenvalue weighted by Crippen LogP contribution is -2.77. The van der Waals surface area contributed by atoms with E-state index in [9.17, 15) is 74.6 Å². The second-order valence-corrected chi connectivity index (χ2v) is 9.15. The van der Waals surface area contributed by atoms with E-state index in [1.165, 1.54) is 0 Å². The minimum Gasteiger partial charge on any atom is -0.327 e. The number of alkyl halides is 17. The molecule has 0 aromatic rings. The lowest BCUT2D eigenvalue weighted by molar-refractivity contribution is -0.461. The van der Waals surface area contributed by atoms with E-state index < -0.39 is 61.7 Å². The average molecular weight is 523 g/mol. The van der Waals surface area contributed by atoms with Crippen LogP contribution in [-0.4, -0.2) is 56.2 Å². The molecule has 0 aromatic heterocycles. The van der Waals surface area contributed by atoms with Gasteiger partial charge in [0.15, 0.2) is 0 Å². The molecule has 188 valence electrons. The number of rotatable bonds is 8. The molecule has 6 N–H and O–H groups in total. The van der Waals surface area contributed by atoms with E-state index in [-0.39, 0.29) is 6.92 Å². The Morgan fingerprint density at radius 1 is 0.452 bits per heavy atom. The van der Waals surface area contributed by atoms with E-state index in [0.717, 1.165) is 0 Å². The largest absolute Gasteiger partial charge is 0.460 e. The van der Waals surface area contributed by atoms with Gasteiger partial charge < -0.3 is 16.2 Å². The molecule has 31 heavy (non-hydrogen) atoms. The van der Waals surface area contributed by atoms with E-state index in [1.807, 2.05) is 0 Å². The average Bonchev–Trinajstić information content (AvgIpc) is 2.50. The summed E-state index contributed by atoms with van der Waals surface area (Å²) in [6, 6.07) is 0. The quantitative estimate of drug-likeness (QED) is 0.330. The van der Waals surface area contributed by atoms with Crippen molar-refractivity contribution in [1.29, 1.82) is 0 Å². The lowest BCUT2D eigenvalue weighted by Gasteiger charge is -2.44. The van der Waals surface area contributed by atoms with Crippen molar-refractivity contribution >= 4 is 8.56 Å². The molecule has 1 atom stereocenters. The summed E-state index contributed by atoms with van der Waals surface area (Å²) in [7, 11) is -5.19. The summed E-state index contributed by atoms with van der Waals surface area (Å²) in [5, 5.41) is 13.9. The highest BCUT2D eigenvalue weighted by Crippen LogP contribution is 2.64. The first-order chi connectivity index (χ1) is 12.9. The second kappa shape index (κ2) is 7.20. The van der Waals surface area contributed by atoms with Gasteiger partial charge in [-0.05, 0) is 0 Å². The van der Waals surface area contributed by atoms with Crippen LogP contribution in [0.3, 0.4) is 0 Å². The first-order valence-electron chi connectivity index (χ1n) is 6.98. The van der Waals surface area contributed by atoms with Crippen molar-refractivity contribution in [3.05, 3.63) is 0 Å². The fourth-order valence-corrected chi connectivity index (χ4v) is 2.57. The second-order valence-electron chi connectivity index (χ2n) is 6.29. The Bertz CT molecular complexity index is 664. The zero-order valence-electron chi connectivity index (χ0n) is 14.2. The molecule has 3 nitrogen and oxygen atoms in total. The molecule has 0 amide bonds. The maximum absolute atomic E-state index is 13.7. The van der Waals surface area contributed by atoms with Crippen LogP contribution < -0.4 is 16.2 Å². The van der Waals surface area contributed by atoms with Crippen LogP contribution in [0.5, 0.6) is 0 Å². The van der Waals surface area contributed by atoms with Crippen LogP contribution in [-0.2, 0) is 0 Å². The van der Waals surface area contributed by atoms with Gasteiger partial charge in [-0.2, -0.15) is 74.6 Å². The number of hydrogen-bond acceptors (Lipinski definition) is 3. The van der Waals surface area contributed by atoms with Gasteiger partial charge in [-0.1, -0.05) is 6.92 Å². The first-order valence-corrected chi connectivity index (χ1v) is 9.29. The highest BCUT2D eigenvalue weighted by atomic mass is 28.4. The third kappa shape index (κ3) is 3.83. The molecule has 0 saturated heterocycles. The zero-order valence-corrected chi connectivity index (χ0v) is 15.2. The molecule has 0 saturated carbocycles. The summed E-state index contributed by atoms with van der Waals surface area (Å²) in [6.07, 6.45) is -7.80. The summed E-state index contributed by atoms with van der Waals surface area (Å²) in [4.78, 5) is 0. The van der Waals surface area contributed by atoms with E-state index >= 15 is 0 Å². The van der Waals surface area contributed by atoms with Crippen LogP contribution in [0.4, 0.5) is 74.6 Å². The van der Waals surface area contributed by atoms with Crippen molar-refractivity contribution in [3.8, 4) is 0 Å². The highest BCUT2D eigenvalue weighted by Gasteiger charge is 2.95. The minimum absolute atomic E-state index is 0.251. The van der Waals surface area contributed by atoms with Crippen molar-refractivity contribution in [1.82, 2.24) is 0 Å². The molecule has 0 aromatic carbocycles. The predicted octanol–water partition coefficient (Wildman–Crippen LogP) is 4.20. The van der Waals surface area contributed by atoms with Gasteiger partial charge in [-0.3, -0.25) is 0 Å². The van der Waals surface area contributed by atoms with Crippen molar-refractivity contribution in [2.24, 2.45) is 16.2 Å². The normalized spacial score (nSPS) is 17.7. The van der Waals surface area contributed by atoms with Gasteiger partial charge in [-0.25, -0.2) is 0 Å². The minimum atomic E-state index is -8.67. The van der Waals surface area contributed by atoms with Crippen LogP contribution in [0.15, 0.2) is 0 Å². The number of nitrogens with two attached hydrogens (primary N) is 3. The lowest BCUT2D eigenvalue weighted by atomic mass is 9.88. The Morgan fingerprint density at radius 3 is 0.903 bits per heavy atom. The number of hydrogen-bond donors (Lipinski definition) is 3. The van der Waals surface area contributed by atoms with Crippen molar-refractivity contribution < 1.29 is 74.6 Å². The molecule has 21 heteroatoms. The fraction of sp³-hybridized carbons (Fsp3) is 1.00. The summed E-state index contributed by atoms with van der Waals surface area (Å²) < 4.78 is 222. The highest BCUT2D eigenvalue weighted by molar-refractivity contribution is 6.72. The first kappa shape index (κ1) is 29.9. The molecule has 0 heterocycles. The van der Waals surface area contributed by atoms with Gasteiger partial charge in [0, 0.05) is 0 Å². The summed E-state index contributed by atoms with van der Waals surface area (Å²) in [6.45, 7) is -0.251. The van der Waals surface area contributed by atoms with Crippen LogP contribution in [0, 0.1) is 0 Å².